The molecule has 2 N–H and O–H groups in total. The van der Waals surface area contributed by atoms with Crippen molar-refractivity contribution >= 4 is 16.9 Å². The quantitative estimate of drug-likeness (QED) is 0.616. The van der Waals surface area contributed by atoms with Gasteiger partial charge in [-0.1, -0.05) is 19.1 Å². The van der Waals surface area contributed by atoms with Gasteiger partial charge in [0.2, 0.25) is 5.89 Å². The number of carbonyl (C=O) groups is 1. The van der Waals surface area contributed by atoms with Gasteiger partial charge in [-0.2, -0.15) is 27.9 Å². The van der Waals surface area contributed by atoms with E-state index in [1.807, 2.05) is 13.0 Å². The number of aromatic nitrogens is 4. The number of nitrogens with zero attached hydrogens (tertiary/aromatic N) is 4. The lowest BCUT2D eigenvalue weighted by molar-refractivity contribution is -0.192. The van der Waals surface area contributed by atoms with Crippen LogP contribution in [0.25, 0.3) is 16.9 Å². The Morgan fingerprint density at radius 1 is 1.33 bits per heavy atom. The van der Waals surface area contributed by atoms with E-state index in [2.05, 4.69) is 20.6 Å². The van der Waals surface area contributed by atoms with Crippen molar-refractivity contribution in [3.8, 4) is 5.95 Å². The number of para-hydroxylation sites is 1. The van der Waals surface area contributed by atoms with Crippen molar-refractivity contribution in [2.24, 2.45) is 0 Å². The largest absolute Gasteiger partial charge is 0.490 e. The van der Waals surface area contributed by atoms with Crippen LogP contribution in [-0.2, 0) is 11.2 Å². The third kappa shape index (κ3) is 4.58. The Kier molecular flexibility index (Phi) is 6.34. The molecule has 1 aliphatic rings. The van der Waals surface area contributed by atoms with E-state index in [9.17, 15) is 17.6 Å². The van der Waals surface area contributed by atoms with Gasteiger partial charge in [0.15, 0.2) is 0 Å². The second-order valence-electron chi connectivity index (χ2n) is 6.61. The Labute approximate surface area is 167 Å². The first kappa shape index (κ1) is 21.7. The summed E-state index contributed by atoms with van der Waals surface area (Å²) >= 11 is 0. The molecular formula is C18H19F4N5O3. The predicted molar refractivity (Wildman–Crippen MR) is 96.8 cm³/mol. The van der Waals surface area contributed by atoms with Gasteiger partial charge in [-0.05, 0) is 43.6 Å². The van der Waals surface area contributed by atoms with Crippen LogP contribution in [0.15, 0.2) is 22.7 Å². The molecule has 1 aliphatic heterocycles. The number of hydrogen-bond acceptors (Lipinski definition) is 6. The van der Waals surface area contributed by atoms with Crippen molar-refractivity contribution in [2.75, 3.05) is 13.1 Å². The predicted octanol–water partition coefficient (Wildman–Crippen LogP) is 3.21. The SMILES string of the molecule is CCc1nn(-c2noc(C3CCNCC3)n2)c2c(F)cccc12.O=C(O)C(F)(F)F. The highest BCUT2D eigenvalue weighted by molar-refractivity contribution is 5.83. The van der Waals surface area contributed by atoms with Crippen LogP contribution in [0.3, 0.4) is 0 Å². The lowest BCUT2D eigenvalue weighted by Gasteiger charge is -2.18. The molecule has 3 heterocycles. The molecule has 0 radical (unpaired) electrons. The average molecular weight is 429 g/mol. The molecule has 0 amide bonds. The molecule has 8 nitrogen and oxygen atoms in total. The number of benzene rings is 1. The van der Waals surface area contributed by atoms with Crippen LogP contribution in [-0.4, -0.2) is 50.3 Å². The van der Waals surface area contributed by atoms with E-state index < -0.39 is 12.1 Å². The van der Waals surface area contributed by atoms with E-state index in [1.54, 1.807) is 6.07 Å². The van der Waals surface area contributed by atoms with Crippen LogP contribution < -0.4 is 5.32 Å². The number of fused-ring (bicyclic) bond motifs is 1. The molecule has 2 aromatic heterocycles. The number of alkyl halides is 3. The van der Waals surface area contributed by atoms with Gasteiger partial charge in [0.1, 0.15) is 11.3 Å². The van der Waals surface area contributed by atoms with Crippen molar-refractivity contribution in [1.82, 2.24) is 25.2 Å². The van der Waals surface area contributed by atoms with Crippen LogP contribution >= 0.6 is 0 Å². The standard InChI is InChI=1S/C16H18FN5O.C2HF3O2/c1-2-13-11-4-3-5-12(17)14(11)22(20-13)16-19-15(23-21-16)10-6-8-18-9-7-10;3-2(4,5)1(6)7/h3-5,10,18H,2,6-9H2,1H3;(H,6,7). The highest BCUT2D eigenvalue weighted by Gasteiger charge is 2.38. The summed E-state index contributed by atoms with van der Waals surface area (Å²) < 4.78 is 52.9. The number of nitrogens with one attached hydrogen (secondary N) is 1. The number of rotatable bonds is 3. The second-order valence-corrected chi connectivity index (χ2v) is 6.61. The van der Waals surface area contributed by atoms with Crippen LogP contribution in [0.1, 0.15) is 37.3 Å². The van der Waals surface area contributed by atoms with Crippen molar-refractivity contribution < 1.29 is 32.0 Å². The number of hydrogen-bond donors (Lipinski definition) is 2. The molecule has 162 valence electrons. The topological polar surface area (TPSA) is 106 Å². The minimum absolute atomic E-state index is 0.259. The van der Waals surface area contributed by atoms with Crippen LogP contribution in [0.5, 0.6) is 0 Å². The van der Waals surface area contributed by atoms with Gasteiger partial charge in [0.05, 0.1) is 5.69 Å². The highest BCUT2D eigenvalue weighted by Crippen LogP contribution is 2.27. The monoisotopic (exact) mass is 429 g/mol. The van der Waals surface area contributed by atoms with Crippen LogP contribution in [0.2, 0.25) is 0 Å². The molecule has 1 aromatic carbocycles. The zero-order valence-corrected chi connectivity index (χ0v) is 15.9. The molecule has 0 unspecified atom stereocenters. The summed E-state index contributed by atoms with van der Waals surface area (Å²) in [4.78, 5) is 13.4. The summed E-state index contributed by atoms with van der Waals surface area (Å²) in [5.74, 6) is -1.92. The number of aliphatic carboxylic acids is 1. The maximum absolute atomic E-state index is 14.3. The molecule has 1 saturated heterocycles. The normalized spacial score (nSPS) is 15.1. The van der Waals surface area contributed by atoms with E-state index in [0.717, 1.165) is 37.0 Å². The number of carboxylic acids is 1. The number of halogens is 4. The van der Waals surface area contributed by atoms with Crippen molar-refractivity contribution in [3.63, 3.8) is 0 Å². The Morgan fingerprint density at radius 3 is 2.60 bits per heavy atom. The molecule has 12 heteroatoms. The number of aryl methyl sites for hydroxylation is 1. The molecule has 0 atom stereocenters. The van der Waals surface area contributed by atoms with Gasteiger partial charge < -0.3 is 14.9 Å². The fraction of sp³-hybridized carbons (Fsp3) is 0.444. The minimum Gasteiger partial charge on any atom is -0.475 e. The van der Waals surface area contributed by atoms with Gasteiger partial charge in [0, 0.05) is 11.3 Å². The first-order chi connectivity index (χ1) is 14.2. The third-order valence-electron chi connectivity index (χ3n) is 4.62. The van der Waals surface area contributed by atoms with Crippen molar-refractivity contribution in [2.45, 2.75) is 38.3 Å². The summed E-state index contributed by atoms with van der Waals surface area (Å²) in [5, 5.41) is 19.7. The van der Waals surface area contributed by atoms with Crippen molar-refractivity contribution in [1.29, 1.82) is 0 Å². The molecule has 3 aromatic rings. The van der Waals surface area contributed by atoms with Gasteiger partial charge in [-0.25, -0.2) is 9.18 Å². The molecule has 0 bridgehead atoms. The Hall–Kier alpha value is -3.02. The van der Waals surface area contributed by atoms with Crippen LogP contribution in [0.4, 0.5) is 17.6 Å². The summed E-state index contributed by atoms with van der Waals surface area (Å²) in [5.41, 5.74) is 1.23. The molecule has 0 saturated carbocycles. The molecular weight excluding hydrogens is 410 g/mol. The first-order valence-electron chi connectivity index (χ1n) is 9.23. The molecule has 0 aliphatic carbocycles. The van der Waals surface area contributed by atoms with Gasteiger partial charge in [-0.3, -0.25) is 0 Å². The van der Waals surface area contributed by atoms with Crippen LogP contribution in [0, 0.1) is 5.82 Å². The molecule has 30 heavy (non-hydrogen) atoms. The van der Waals surface area contributed by atoms with E-state index in [1.165, 1.54) is 10.7 Å². The summed E-state index contributed by atoms with van der Waals surface area (Å²) in [6.45, 7) is 3.89. The fourth-order valence-electron chi connectivity index (χ4n) is 3.14. The smallest absolute Gasteiger partial charge is 0.475 e. The highest BCUT2D eigenvalue weighted by atomic mass is 19.4. The van der Waals surface area contributed by atoms with E-state index in [4.69, 9.17) is 14.4 Å². The summed E-state index contributed by atoms with van der Waals surface area (Å²) in [6.07, 6.45) is -2.43. The maximum Gasteiger partial charge on any atom is 0.490 e. The van der Waals surface area contributed by atoms with Gasteiger partial charge in [0.25, 0.3) is 5.95 Å². The summed E-state index contributed by atoms with van der Waals surface area (Å²) in [7, 11) is 0. The lowest BCUT2D eigenvalue weighted by Crippen LogP contribution is -2.26. The molecule has 1 fully saturated rings. The van der Waals surface area contributed by atoms with E-state index in [0.29, 0.717) is 23.8 Å². The molecule has 0 spiro atoms. The Bertz CT molecular complexity index is 1020. The number of piperidine rings is 1. The minimum atomic E-state index is -5.08. The second kappa shape index (κ2) is 8.78. The average Bonchev–Trinajstić information content (AvgIpc) is 3.34. The Balaban J connectivity index is 0.000000318. The third-order valence-corrected chi connectivity index (χ3v) is 4.62. The zero-order valence-electron chi connectivity index (χ0n) is 15.9. The lowest BCUT2D eigenvalue weighted by atomic mass is 9.98. The first-order valence-corrected chi connectivity index (χ1v) is 9.23. The molecule has 4 rings (SSSR count). The maximum atomic E-state index is 14.3. The Morgan fingerprint density at radius 2 is 2.00 bits per heavy atom. The summed E-state index contributed by atoms with van der Waals surface area (Å²) in [6, 6.07) is 4.99. The van der Waals surface area contributed by atoms with Gasteiger partial charge in [-0.15, -0.1) is 0 Å². The van der Waals surface area contributed by atoms with E-state index in [-0.39, 0.29) is 11.7 Å². The fourth-order valence-corrected chi connectivity index (χ4v) is 3.14. The van der Waals surface area contributed by atoms with E-state index >= 15 is 0 Å². The van der Waals surface area contributed by atoms with Gasteiger partial charge >= 0.3 is 12.1 Å². The number of carboxylic acid groups (broad SMARTS) is 1. The van der Waals surface area contributed by atoms with Crippen molar-refractivity contribution in [3.05, 3.63) is 35.6 Å². The zero-order chi connectivity index (χ0) is 21.9.